The average molecular weight is 340 g/mol. The van der Waals surface area contributed by atoms with Gasteiger partial charge in [-0.3, -0.25) is 4.79 Å². The Morgan fingerprint density at radius 2 is 1.50 bits per heavy atom. The van der Waals surface area contributed by atoms with Crippen LogP contribution in [0.3, 0.4) is 0 Å². The lowest BCUT2D eigenvalue weighted by atomic mass is 9.95. The maximum Gasteiger partial charge on any atom is 0.229 e. The molecule has 0 aliphatic carbocycles. The fourth-order valence-electron chi connectivity index (χ4n) is 2.80. The molecule has 0 aliphatic rings. The molecule has 0 radical (unpaired) electrons. The molecule has 0 unspecified atom stereocenters. The Morgan fingerprint density at radius 1 is 0.958 bits per heavy atom. The lowest BCUT2D eigenvalue weighted by molar-refractivity contribution is -0.123. The summed E-state index contributed by atoms with van der Waals surface area (Å²) < 4.78 is 0. The minimum Gasteiger partial charge on any atom is -0.325 e. The number of rotatable bonds is 4. The number of anilines is 1. The second-order valence-electron chi connectivity index (χ2n) is 8.10. The zero-order valence-corrected chi connectivity index (χ0v) is 16.7. The Morgan fingerprint density at radius 3 is 2.08 bits per heavy atom. The van der Waals surface area contributed by atoms with Gasteiger partial charge in [-0.2, -0.15) is 0 Å². The maximum absolute atomic E-state index is 12.4. The Balaban J connectivity index is 2.37. The molecule has 2 aromatic rings. The van der Waals surface area contributed by atoms with Gasteiger partial charge in [-0.15, -0.1) is 0 Å². The van der Waals surface area contributed by atoms with E-state index in [0.29, 0.717) is 5.54 Å². The molecule has 3 heteroatoms. The summed E-state index contributed by atoms with van der Waals surface area (Å²) in [5.41, 5.74) is 2.18. The largest absolute Gasteiger partial charge is 0.325 e. The standard InChI is InChI=1S/C21H29NOSi/c1-16(24(5,6)17-12-8-7-9-13-17)18-14-10-11-15-19(18)22-20(23)21(2,3)4/h7-16H,1-6H3,(H,22,23)/t16-/m1/s1. The Labute approximate surface area is 147 Å². The van der Waals surface area contributed by atoms with E-state index < -0.39 is 13.5 Å². The third-order valence-corrected chi connectivity index (χ3v) is 9.25. The van der Waals surface area contributed by atoms with E-state index in [1.807, 2.05) is 32.9 Å². The summed E-state index contributed by atoms with van der Waals surface area (Å²) in [6.45, 7) is 12.9. The molecular formula is C21H29NOSi. The van der Waals surface area contributed by atoms with Crippen LogP contribution in [0, 0.1) is 5.41 Å². The summed E-state index contributed by atoms with van der Waals surface area (Å²) in [5, 5.41) is 4.58. The molecule has 0 heterocycles. The highest BCUT2D eigenvalue weighted by Crippen LogP contribution is 2.32. The zero-order chi connectivity index (χ0) is 18.0. The highest BCUT2D eigenvalue weighted by molar-refractivity contribution is 6.90. The third kappa shape index (κ3) is 3.96. The monoisotopic (exact) mass is 339 g/mol. The fourth-order valence-corrected chi connectivity index (χ4v) is 5.39. The molecule has 0 spiro atoms. The topological polar surface area (TPSA) is 29.1 Å². The van der Waals surface area contributed by atoms with Crippen LogP contribution in [0.25, 0.3) is 0 Å². The normalized spacial score (nSPS) is 13.4. The third-order valence-electron chi connectivity index (χ3n) is 4.96. The quantitative estimate of drug-likeness (QED) is 0.786. The first-order valence-corrected chi connectivity index (χ1v) is 11.7. The second-order valence-corrected chi connectivity index (χ2v) is 13.0. The van der Waals surface area contributed by atoms with E-state index in [-0.39, 0.29) is 5.91 Å². The van der Waals surface area contributed by atoms with E-state index in [0.717, 1.165) is 5.69 Å². The van der Waals surface area contributed by atoms with Crippen LogP contribution in [0.5, 0.6) is 0 Å². The van der Waals surface area contributed by atoms with Crippen LogP contribution in [0.15, 0.2) is 54.6 Å². The maximum atomic E-state index is 12.4. The summed E-state index contributed by atoms with van der Waals surface area (Å²) in [7, 11) is -1.70. The minimum absolute atomic E-state index is 0.0568. The number of hydrogen-bond acceptors (Lipinski definition) is 1. The molecule has 0 fully saturated rings. The molecule has 128 valence electrons. The SMILES string of the molecule is C[C@H](c1ccccc1NC(=O)C(C)(C)C)[Si](C)(C)c1ccccc1. The molecule has 2 nitrogen and oxygen atoms in total. The molecule has 0 aliphatic heterocycles. The smallest absolute Gasteiger partial charge is 0.229 e. The second kappa shape index (κ2) is 6.94. The minimum atomic E-state index is -1.70. The lowest BCUT2D eigenvalue weighted by Crippen LogP contribution is -2.46. The van der Waals surface area contributed by atoms with Crippen molar-refractivity contribution in [3.05, 3.63) is 60.2 Å². The van der Waals surface area contributed by atoms with E-state index in [4.69, 9.17) is 0 Å². The van der Waals surface area contributed by atoms with Gasteiger partial charge < -0.3 is 5.32 Å². The van der Waals surface area contributed by atoms with Crippen molar-refractivity contribution in [3.8, 4) is 0 Å². The van der Waals surface area contributed by atoms with Crippen molar-refractivity contribution < 1.29 is 4.79 Å². The molecular weight excluding hydrogens is 310 g/mol. The van der Waals surface area contributed by atoms with Crippen molar-refractivity contribution in [2.24, 2.45) is 5.41 Å². The first kappa shape index (κ1) is 18.5. The van der Waals surface area contributed by atoms with Gasteiger partial charge in [0.05, 0.1) is 8.07 Å². The van der Waals surface area contributed by atoms with Crippen molar-refractivity contribution in [3.63, 3.8) is 0 Å². The van der Waals surface area contributed by atoms with E-state index in [9.17, 15) is 4.79 Å². The summed E-state index contributed by atoms with van der Waals surface area (Å²) in [6, 6.07) is 19.0. The number of hydrogen-bond donors (Lipinski definition) is 1. The van der Waals surface area contributed by atoms with Crippen LogP contribution in [-0.4, -0.2) is 14.0 Å². The van der Waals surface area contributed by atoms with Crippen molar-refractivity contribution in [1.29, 1.82) is 0 Å². The number of nitrogens with one attached hydrogen (secondary N) is 1. The first-order chi connectivity index (χ1) is 11.1. The highest BCUT2D eigenvalue weighted by atomic mass is 28.3. The molecule has 1 amide bonds. The van der Waals surface area contributed by atoms with Crippen molar-refractivity contribution >= 4 is 24.9 Å². The van der Waals surface area contributed by atoms with Crippen LogP contribution in [-0.2, 0) is 4.79 Å². The number of carbonyl (C=O) groups excluding carboxylic acids is 1. The molecule has 2 aromatic carbocycles. The van der Waals surface area contributed by atoms with E-state index in [2.05, 4.69) is 67.8 Å². The van der Waals surface area contributed by atoms with Gasteiger partial charge in [0.15, 0.2) is 0 Å². The van der Waals surface area contributed by atoms with Crippen LogP contribution < -0.4 is 10.5 Å². The fraction of sp³-hybridized carbons (Fsp3) is 0.381. The van der Waals surface area contributed by atoms with Gasteiger partial charge in [-0.1, -0.05) is 94.5 Å². The van der Waals surface area contributed by atoms with Gasteiger partial charge in [0, 0.05) is 11.1 Å². The van der Waals surface area contributed by atoms with E-state index >= 15 is 0 Å². The lowest BCUT2D eigenvalue weighted by Gasteiger charge is -2.32. The number of carbonyl (C=O) groups is 1. The molecule has 0 saturated heterocycles. The summed E-state index contributed by atoms with van der Waals surface area (Å²) in [5.74, 6) is 0.0568. The summed E-state index contributed by atoms with van der Waals surface area (Å²) in [4.78, 5) is 12.4. The Hall–Kier alpha value is -1.87. The van der Waals surface area contributed by atoms with Crippen LogP contribution in [0.4, 0.5) is 5.69 Å². The van der Waals surface area contributed by atoms with Gasteiger partial charge in [0.2, 0.25) is 5.91 Å². The average Bonchev–Trinajstić information content (AvgIpc) is 2.54. The van der Waals surface area contributed by atoms with Gasteiger partial charge in [-0.05, 0) is 17.2 Å². The predicted molar refractivity (Wildman–Crippen MR) is 106 cm³/mol. The first-order valence-electron chi connectivity index (χ1n) is 8.60. The van der Waals surface area contributed by atoms with E-state index in [1.165, 1.54) is 10.8 Å². The van der Waals surface area contributed by atoms with Gasteiger partial charge >= 0.3 is 0 Å². The number of para-hydroxylation sites is 1. The number of amides is 1. The van der Waals surface area contributed by atoms with Crippen LogP contribution in [0.2, 0.25) is 13.1 Å². The van der Waals surface area contributed by atoms with Crippen molar-refractivity contribution in [1.82, 2.24) is 0 Å². The molecule has 1 N–H and O–H groups in total. The summed E-state index contributed by atoms with van der Waals surface area (Å²) in [6.07, 6.45) is 0. The molecule has 0 aromatic heterocycles. The zero-order valence-electron chi connectivity index (χ0n) is 15.7. The Bertz CT molecular complexity index is 701. The molecule has 1 atom stereocenters. The van der Waals surface area contributed by atoms with E-state index in [1.54, 1.807) is 0 Å². The summed E-state index contributed by atoms with van der Waals surface area (Å²) >= 11 is 0. The molecule has 0 bridgehead atoms. The Kier molecular flexibility index (Phi) is 5.34. The molecule has 24 heavy (non-hydrogen) atoms. The van der Waals surface area contributed by atoms with Gasteiger partial charge in [0.25, 0.3) is 0 Å². The molecule has 2 rings (SSSR count). The van der Waals surface area contributed by atoms with Crippen molar-refractivity contribution in [2.45, 2.75) is 46.3 Å². The van der Waals surface area contributed by atoms with Crippen molar-refractivity contribution in [2.75, 3.05) is 5.32 Å². The highest BCUT2D eigenvalue weighted by Gasteiger charge is 2.33. The van der Waals surface area contributed by atoms with Crippen LogP contribution in [0.1, 0.15) is 38.8 Å². The van der Waals surface area contributed by atoms with Crippen LogP contribution >= 0.6 is 0 Å². The van der Waals surface area contributed by atoms with Gasteiger partial charge in [-0.25, -0.2) is 0 Å². The van der Waals surface area contributed by atoms with Gasteiger partial charge in [0.1, 0.15) is 0 Å². The molecule has 0 saturated carbocycles. The number of benzene rings is 2. The predicted octanol–water partition coefficient (Wildman–Crippen LogP) is 4.93.